The predicted octanol–water partition coefficient (Wildman–Crippen LogP) is 8.38. The lowest BCUT2D eigenvalue weighted by Gasteiger charge is -2.19. The molecule has 0 saturated carbocycles. The van der Waals surface area contributed by atoms with Gasteiger partial charge in [-0.2, -0.15) is 42.1 Å². The van der Waals surface area contributed by atoms with E-state index < -0.39 is 5.66 Å². The fourth-order valence-electron chi connectivity index (χ4n) is 10.5. The molecule has 13 rings (SSSR count). The van der Waals surface area contributed by atoms with Gasteiger partial charge in [0.2, 0.25) is 0 Å². The molecule has 0 amide bonds. The van der Waals surface area contributed by atoms with E-state index in [9.17, 15) is 42.1 Å². The Morgan fingerprint density at radius 2 is 0.750 bits per heavy atom. The Hall–Kier alpha value is -11.8. The van der Waals surface area contributed by atoms with Crippen LogP contribution >= 0.6 is 0 Å². The van der Waals surface area contributed by atoms with Crippen molar-refractivity contribution in [1.82, 2.24) is 4.90 Å². The van der Waals surface area contributed by atoms with Gasteiger partial charge >= 0.3 is 0 Å². The summed E-state index contributed by atoms with van der Waals surface area (Å²) in [4.78, 5) is 36.1. The van der Waals surface area contributed by atoms with Crippen molar-refractivity contribution in [3.05, 3.63) is 187 Å². The molecule has 1 atom stereocenters. The first-order chi connectivity index (χ1) is 35.3. The summed E-state index contributed by atoms with van der Waals surface area (Å²) < 4.78 is 0. The summed E-state index contributed by atoms with van der Waals surface area (Å²) in [5, 5.41) is 93.2. The molecule has 0 aromatic heterocycles. The summed E-state index contributed by atoms with van der Waals surface area (Å²) in [6, 6.07) is 47.3. The Labute approximate surface area is 405 Å². The first-order valence-electron chi connectivity index (χ1n) is 21.8. The van der Waals surface area contributed by atoms with Crippen molar-refractivity contribution < 1.29 is 0 Å². The van der Waals surface area contributed by atoms with Gasteiger partial charge in [-0.25, -0.2) is 39.8 Å². The zero-order chi connectivity index (χ0) is 49.2. The maximum atomic E-state index is 11.6. The van der Waals surface area contributed by atoms with Gasteiger partial charge in [-0.3, -0.25) is 0 Å². The minimum atomic E-state index is -2.43. The van der Waals surface area contributed by atoms with E-state index in [1.807, 2.05) is 24.3 Å². The van der Waals surface area contributed by atoms with Crippen molar-refractivity contribution in [2.45, 2.75) is 5.66 Å². The largest absolute Gasteiger partial charge is 0.269 e. The molecule has 72 heavy (non-hydrogen) atoms. The molecular weight excluding hydrogens is 897 g/mol. The summed E-state index contributed by atoms with van der Waals surface area (Å²) in [6.07, 6.45) is 2.20. The molecule has 0 radical (unpaired) electrons. The molecule has 8 aromatic rings. The smallest absolute Gasteiger partial charge is 0.217 e. The van der Waals surface area contributed by atoms with Gasteiger partial charge in [-0.05, 0) is 22.9 Å². The van der Waals surface area contributed by atoms with Crippen molar-refractivity contribution >= 4 is 83.9 Å². The van der Waals surface area contributed by atoms with Crippen molar-refractivity contribution in [1.29, 1.82) is 42.1 Å². The molecule has 0 N–H and O–H groups in total. The quantitative estimate of drug-likeness (QED) is 0.132. The normalized spacial score (nSPS) is 16.3. The Morgan fingerprint density at radius 1 is 0.361 bits per heavy atom. The maximum Gasteiger partial charge on any atom is 0.269 e. The number of hydrogen-bond donors (Lipinski definition) is 0. The molecule has 1 unspecified atom stereocenters. The van der Waals surface area contributed by atoms with Gasteiger partial charge < -0.3 is 0 Å². The molecule has 5 aliphatic rings. The molecule has 5 aliphatic heterocycles. The topological polar surface area (TPSA) is 280 Å². The van der Waals surface area contributed by atoms with Gasteiger partial charge in [0.25, 0.3) is 5.66 Å². The molecule has 0 aliphatic carbocycles. The van der Waals surface area contributed by atoms with Gasteiger partial charge in [-0.15, -0.1) is 0 Å². The van der Waals surface area contributed by atoms with Crippen molar-refractivity contribution in [2.24, 2.45) is 34.9 Å². The van der Waals surface area contributed by atoms with Crippen LogP contribution in [0, 0.1) is 90.8 Å². The number of aliphatic imine (C=N–C) groups is 7. The van der Waals surface area contributed by atoms with Gasteiger partial charge in [0, 0.05) is 71.3 Å². The predicted molar refractivity (Wildman–Crippen MR) is 265 cm³/mol. The van der Waals surface area contributed by atoms with Crippen LogP contribution in [0.5, 0.6) is 0 Å². The van der Waals surface area contributed by atoms with E-state index in [4.69, 9.17) is 34.9 Å². The minimum Gasteiger partial charge on any atom is -0.217 e. The highest BCUT2D eigenvalue weighted by molar-refractivity contribution is 6.37. The van der Waals surface area contributed by atoms with Crippen molar-refractivity contribution in [3.8, 4) is 48.7 Å². The van der Waals surface area contributed by atoms with Gasteiger partial charge in [-0.1, -0.05) is 97.1 Å². The van der Waals surface area contributed by atoms with Gasteiger partial charge in [0.05, 0.1) is 38.9 Å². The van der Waals surface area contributed by atoms with Crippen LogP contribution in [0.1, 0.15) is 77.9 Å². The van der Waals surface area contributed by atoms with E-state index >= 15 is 0 Å². The molecule has 322 valence electrons. The van der Waals surface area contributed by atoms with Crippen LogP contribution in [0.4, 0.5) is 0 Å². The minimum absolute atomic E-state index is 0.00456. The zero-order valence-corrected chi connectivity index (χ0v) is 36.5. The summed E-state index contributed by atoms with van der Waals surface area (Å²) in [6.45, 7) is 0. The highest BCUT2D eigenvalue weighted by Gasteiger charge is 2.48. The third-order valence-electron chi connectivity index (χ3n) is 13.4. The number of benzene rings is 8. The fourth-order valence-corrected chi connectivity index (χ4v) is 10.5. The Morgan fingerprint density at radius 3 is 1.29 bits per heavy atom. The number of hydrogen-bond acceptors (Lipinski definition) is 16. The summed E-state index contributed by atoms with van der Waals surface area (Å²) in [5.41, 5.74) is -1.19. The molecule has 5 heterocycles. The van der Waals surface area contributed by atoms with Crippen LogP contribution < -0.4 is 0 Å². The van der Waals surface area contributed by atoms with Gasteiger partial charge in [0.1, 0.15) is 42.5 Å². The average molecular weight is 915 g/mol. The van der Waals surface area contributed by atoms with Crippen LogP contribution in [-0.2, 0) is 5.66 Å². The standard InChI is InChI=1S/C56H18N16/c57-19-37-29-11-3-1-9-27(29)17-35-43(37)52-66-49(35)65-50-36-18-28-10-2-4-12-30(28)38(20-58)44(36)54(68-50)72(26-64)55-46-40(22-60)32-14-6-5-13-31(32)39(21-59)45(46)51(69-55)67-53-47-41(23-61)33-15-7-8-16-34(33)42(24-62)48(47)56(25-63,70-52)71-53/h1-18H. The monoisotopic (exact) mass is 914 g/mol. The SMILES string of the molecule is N#Cc1c2c(cc3ccccc13)C1=NC2=NC2(C#N)N=C(N=C3N=C(c4c3c(C#N)c3ccccc3c4C#N)N(C#N)C3=NC(=N1)c1cc4ccccc4c(C#N)c13)c1c2c(C#N)c2ccccc2c1C#N. The summed E-state index contributed by atoms with van der Waals surface area (Å²) in [5.74, 6) is -1.02. The average Bonchev–Trinajstić information content (AvgIpc) is 4.16. The first-order valence-corrected chi connectivity index (χ1v) is 21.8. The van der Waals surface area contributed by atoms with E-state index in [0.717, 1.165) is 4.90 Å². The lowest BCUT2D eigenvalue weighted by Crippen LogP contribution is -2.33. The molecule has 0 saturated heterocycles. The molecule has 16 heteroatoms. The van der Waals surface area contributed by atoms with E-state index in [2.05, 4.69) is 48.7 Å². The van der Waals surface area contributed by atoms with E-state index in [1.54, 1.807) is 84.9 Å². The third-order valence-corrected chi connectivity index (χ3v) is 13.4. The third kappa shape index (κ3) is 5.10. The number of amidine groups is 7. The lowest BCUT2D eigenvalue weighted by molar-refractivity contribution is 0.629. The summed E-state index contributed by atoms with van der Waals surface area (Å²) >= 11 is 0. The lowest BCUT2D eigenvalue weighted by atomic mass is 9.85. The first kappa shape index (κ1) is 40.5. The number of nitriles is 8. The van der Waals surface area contributed by atoms with Crippen LogP contribution in [0.25, 0.3) is 43.1 Å². The Kier molecular flexibility index (Phi) is 8.21. The van der Waals surface area contributed by atoms with Gasteiger partial charge in [0.15, 0.2) is 47.0 Å². The highest BCUT2D eigenvalue weighted by atomic mass is 15.3. The Balaban J connectivity index is 1.26. The molecule has 8 bridgehead atoms. The van der Waals surface area contributed by atoms with Crippen LogP contribution in [0.2, 0.25) is 0 Å². The van der Waals surface area contributed by atoms with Crippen LogP contribution in [0.15, 0.2) is 144 Å². The van der Waals surface area contributed by atoms with E-state index in [0.29, 0.717) is 54.2 Å². The zero-order valence-electron chi connectivity index (χ0n) is 36.5. The second-order valence-corrected chi connectivity index (χ2v) is 16.8. The maximum absolute atomic E-state index is 11.6. The van der Waals surface area contributed by atoms with Crippen molar-refractivity contribution in [3.63, 3.8) is 0 Å². The summed E-state index contributed by atoms with van der Waals surface area (Å²) in [7, 11) is 0. The van der Waals surface area contributed by atoms with Crippen LogP contribution in [-0.4, -0.2) is 45.7 Å². The highest BCUT2D eigenvalue weighted by Crippen LogP contribution is 2.47. The number of rotatable bonds is 0. The molecule has 16 nitrogen and oxygen atoms in total. The Bertz CT molecular complexity index is 4680. The number of nitrogens with zero attached hydrogens (tertiary/aromatic N) is 16. The molecular formula is C56H18N16. The molecule has 8 aromatic carbocycles. The second-order valence-electron chi connectivity index (χ2n) is 16.8. The fraction of sp³-hybridized carbons (Fsp3) is 0.0179. The van der Waals surface area contributed by atoms with Crippen LogP contribution in [0.3, 0.4) is 0 Å². The van der Waals surface area contributed by atoms with Crippen molar-refractivity contribution in [2.75, 3.05) is 0 Å². The van der Waals surface area contributed by atoms with E-state index in [1.165, 1.54) is 0 Å². The molecule has 0 spiro atoms. The number of fused-ring (bicyclic) bond motifs is 20. The molecule has 0 fully saturated rings. The second kappa shape index (κ2) is 14.6. The van der Waals surface area contributed by atoms with E-state index in [-0.39, 0.29) is 108 Å².